The van der Waals surface area contributed by atoms with Crippen LogP contribution in [-0.2, 0) is 0 Å². The summed E-state index contributed by atoms with van der Waals surface area (Å²) in [5, 5.41) is 10.9. The number of unbranched alkanes of at least 4 members (excludes halogenated alkanes) is 37. The minimum absolute atomic E-state index is 0. The van der Waals surface area contributed by atoms with E-state index in [4.69, 9.17) is 0 Å². The van der Waals surface area contributed by atoms with E-state index >= 15 is 0 Å². The third-order valence-corrected chi connectivity index (χ3v) is 19.6. The highest BCUT2D eigenvalue weighted by Crippen LogP contribution is 2.55. The van der Waals surface area contributed by atoms with Crippen LogP contribution >= 0.6 is 0 Å². The van der Waals surface area contributed by atoms with Crippen molar-refractivity contribution < 1.29 is 5.11 Å². The molecule has 0 amide bonds. The SMILES string of the molecule is CCCCCCCCCC1C(CCCCCCCCC)C(CCCCCCCCCCCCCCC(CCCCC)(CCCCC)CCCC(CO)(CCCCC)CCCCC)C1CCCCCCCCC.[SiH4]. The average Bonchev–Trinajstić information content (AvgIpc) is 3.38. The third kappa shape index (κ3) is 38.4. The first-order valence-electron chi connectivity index (χ1n) is 35.1. The highest BCUT2D eigenvalue weighted by Gasteiger charge is 2.47. The van der Waals surface area contributed by atoms with Gasteiger partial charge in [0.1, 0.15) is 0 Å². The molecular formula is C71H146OSi. The molecule has 2 atom stereocenters. The second-order valence-electron chi connectivity index (χ2n) is 26.0. The van der Waals surface area contributed by atoms with E-state index in [1.54, 1.807) is 25.7 Å². The lowest BCUT2D eigenvalue weighted by molar-refractivity contribution is -0.0486. The summed E-state index contributed by atoms with van der Waals surface area (Å²) in [7, 11) is 0. The Kier molecular flexibility index (Phi) is 54.3. The first-order chi connectivity index (χ1) is 35.5. The van der Waals surface area contributed by atoms with Crippen molar-refractivity contribution in [2.24, 2.45) is 34.5 Å². The zero-order chi connectivity index (χ0) is 52.3. The topological polar surface area (TPSA) is 20.2 Å². The minimum atomic E-state index is 0. The van der Waals surface area contributed by atoms with Crippen molar-refractivity contribution in [1.82, 2.24) is 0 Å². The highest BCUT2D eigenvalue weighted by molar-refractivity contribution is 5.75. The molecule has 0 spiro atoms. The Morgan fingerprint density at radius 1 is 0.205 bits per heavy atom. The number of hydrogen-bond donors (Lipinski definition) is 1. The van der Waals surface area contributed by atoms with Crippen LogP contribution in [0.2, 0.25) is 0 Å². The van der Waals surface area contributed by atoms with Crippen LogP contribution in [-0.4, -0.2) is 22.7 Å². The van der Waals surface area contributed by atoms with Gasteiger partial charge in [-0.15, -0.1) is 0 Å². The molecule has 1 fully saturated rings. The van der Waals surface area contributed by atoms with Crippen molar-refractivity contribution in [3.05, 3.63) is 0 Å². The molecule has 1 aliphatic rings. The van der Waals surface area contributed by atoms with Gasteiger partial charge in [0.05, 0.1) is 0 Å². The Balaban J connectivity index is 0.0000518. The lowest BCUT2D eigenvalue weighted by Crippen LogP contribution is -2.46. The first-order valence-corrected chi connectivity index (χ1v) is 35.1. The monoisotopic (exact) mass is 1040 g/mol. The Morgan fingerprint density at radius 3 is 0.616 bits per heavy atom. The summed E-state index contributed by atoms with van der Waals surface area (Å²) < 4.78 is 0. The lowest BCUT2D eigenvalue weighted by atomic mass is 9.51. The van der Waals surface area contributed by atoms with Gasteiger partial charge in [-0.1, -0.05) is 344 Å². The maximum Gasteiger partial charge on any atom is 0.0487 e. The van der Waals surface area contributed by atoms with Crippen LogP contribution in [0.3, 0.4) is 0 Å². The smallest absolute Gasteiger partial charge is 0.0487 e. The van der Waals surface area contributed by atoms with Gasteiger partial charge < -0.3 is 5.11 Å². The van der Waals surface area contributed by atoms with E-state index in [1.807, 2.05) is 0 Å². The molecule has 0 aromatic rings. The van der Waals surface area contributed by atoms with Crippen molar-refractivity contribution in [1.29, 1.82) is 0 Å². The van der Waals surface area contributed by atoms with Crippen molar-refractivity contribution in [3.8, 4) is 0 Å². The van der Waals surface area contributed by atoms with Crippen LogP contribution in [0.1, 0.15) is 414 Å². The molecule has 0 aromatic carbocycles. The van der Waals surface area contributed by atoms with Crippen molar-refractivity contribution in [2.75, 3.05) is 6.61 Å². The second-order valence-corrected chi connectivity index (χ2v) is 26.0. The van der Waals surface area contributed by atoms with E-state index in [0.29, 0.717) is 12.0 Å². The van der Waals surface area contributed by atoms with Gasteiger partial charge in [-0.2, -0.15) is 0 Å². The van der Waals surface area contributed by atoms with Crippen LogP contribution in [0.15, 0.2) is 0 Å². The Labute approximate surface area is 469 Å². The maximum absolute atomic E-state index is 10.9. The molecule has 73 heavy (non-hydrogen) atoms. The first kappa shape index (κ1) is 73.2. The normalized spacial score (nSPS) is 17.1. The molecule has 0 bridgehead atoms. The van der Waals surface area contributed by atoms with Gasteiger partial charge >= 0.3 is 0 Å². The number of aliphatic hydroxyl groups excluding tert-OH is 1. The molecule has 1 saturated carbocycles. The Morgan fingerprint density at radius 2 is 0.370 bits per heavy atom. The summed E-state index contributed by atoms with van der Waals surface area (Å²) in [6.45, 7) is 16.9. The molecule has 2 unspecified atom stereocenters. The quantitative estimate of drug-likeness (QED) is 0.0475. The van der Waals surface area contributed by atoms with Gasteiger partial charge in [0.2, 0.25) is 0 Å². The summed E-state index contributed by atoms with van der Waals surface area (Å²) in [5.41, 5.74) is 0.733. The maximum atomic E-state index is 10.9. The fourth-order valence-corrected chi connectivity index (χ4v) is 14.7. The molecule has 0 saturated heterocycles. The summed E-state index contributed by atoms with van der Waals surface area (Å²) in [5.74, 6) is 4.27. The Hall–Kier alpha value is 0.177. The Bertz CT molecular complexity index is 1010. The molecule has 1 aliphatic carbocycles. The van der Waals surface area contributed by atoms with Crippen molar-refractivity contribution >= 4 is 11.0 Å². The molecule has 1 nitrogen and oxygen atoms in total. The molecule has 440 valence electrons. The van der Waals surface area contributed by atoms with Gasteiger partial charge in [0, 0.05) is 6.61 Å². The fraction of sp³-hybridized carbons (Fsp3) is 1.00. The molecule has 1 rings (SSSR count). The molecule has 1 N–H and O–H groups in total. The summed E-state index contributed by atoms with van der Waals surface area (Å²) >= 11 is 0. The van der Waals surface area contributed by atoms with Crippen molar-refractivity contribution in [3.63, 3.8) is 0 Å². The van der Waals surface area contributed by atoms with Crippen LogP contribution in [0.25, 0.3) is 0 Å². The number of hydrogen-bond acceptors (Lipinski definition) is 1. The minimum Gasteiger partial charge on any atom is -0.396 e. The van der Waals surface area contributed by atoms with E-state index < -0.39 is 0 Å². The zero-order valence-corrected chi connectivity index (χ0v) is 51.8. The molecule has 0 aliphatic heterocycles. The average molecular weight is 1040 g/mol. The number of rotatable bonds is 60. The summed E-state index contributed by atoms with van der Waals surface area (Å²) in [4.78, 5) is 0. The van der Waals surface area contributed by atoms with Crippen LogP contribution < -0.4 is 0 Å². The molecular weight excluding hydrogens is 897 g/mol. The van der Waals surface area contributed by atoms with Crippen LogP contribution in [0.5, 0.6) is 0 Å². The highest BCUT2D eigenvalue weighted by atomic mass is 28.1. The van der Waals surface area contributed by atoms with Gasteiger partial charge in [-0.25, -0.2) is 0 Å². The predicted molar refractivity (Wildman–Crippen MR) is 340 cm³/mol. The van der Waals surface area contributed by atoms with Crippen LogP contribution in [0.4, 0.5) is 0 Å². The van der Waals surface area contributed by atoms with E-state index in [9.17, 15) is 5.11 Å². The predicted octanol–water partition coefficient (Wildman–Crippen LogP) is 24.4. The second kappa shape index (κ2) is 54.1. The molecule has 0 radical (unpaired) electrons. The van der Waals surface area contributed by atoms with E-state index in [1.165, 1.54) is 340 Å². The molecule has 0 aromatic heterocycles. The zero-order valence-electron chi connectivity index (χ0n) is 51.8. The molecule has 0 heterocycles. The van der Waals surface area contributed by atoms with E-state index in [-0.39, 0.29) is 16.4 Å². The van der Waals surface area contributed by atoms with Crippen molar-refractivity contribution in [2.45, 2.75) is 414 Å². The standard InChI is InChI=1S/C71H142O.H4Si/c1-8-15-22-25-34-39-44-54-66-67(55-45-40-35-26-23-16-9-2)69(68(66)56-46-41-36-27-24-17-10-3)57-47-42-37-32-30-28-29-31-33-38-43-52-60-70(58-48-18-11-4,59-49-19-12-5)63-53-64-71(65-72,61-50-20-13-6)62-51-21-14-7;/h66-69,72H,8-65H2,1-7H3;1H4. The lowest BCUT2D eigenvalue weighted by Gasteiger charge is -2.54. The fourth-order valence-electron chi connectivity index (χ4n) is 14.7. The van der Waals surface area contributed by atoms with E-state index in [0.717, 1.165) is 23.7 Å². The summed E-state index contributed by atoms with van der Waals surface area (Å²) in [6, 6.07) is 0. The van der Waals surface area contributed by atoms with Gasteiger partial charge in [-0.05, 0) is 116 Å². The largest absolute Gasteiger partial charge is 0.396 e. The summed E-state index contributed by atoms with van der Waals surface area (Å²) in [6.07, 6.45) is 82.0. The van der Waals surface area contributed by atoms with E-state index in [2.05, 4.69) is 48.5 Å². The van der Waals surface area contributed by atoms with Gasteiger partial charge in [-0.3, -0.25) is 0 Å². The van der Waals surface area contributed by atoms with Crippen LogP contribution in [0, 0.1) is 34.5 Å². The van der Waals surface area contributed by atoms with Gasteiger partial charge in [0.15, 0.2) is 0 Å². The number of aliphatic hydroxyl groups is 1. The third-order valence-electron chi connectivity index (χ3n) is 19.6. The van der Waals surface area contributed by atoms with Gasteiger partial charge in [0.25, 0.3) is 0 Å². The molecule has 2 heteroatoms.